The number of carboxylic acid groups (broad SMARTS) is 1. The maximum Gasteiger partial charge on any atom is 0.306 e. The summed E-state index contributed by atoms with van der Waals surface area (Å²) in [5, 5.41) is 20.6. The molecule has 1 saturated carbocycles. The summed E-state index contributed by atoms with van der Waals surface area (Å²) in [4.78, 5) is 11.4. The van der Waals surface area contributed by atoms with Gasteiger partial charge in [-0.15, -0.1) is 0 Å². The smallest absolute Gasteiger partial charge is 0.306 e. The van der Waals surface area contributed by atoms with Crippen LogP contribution in [-0.4, -0.2) is 34.0 Å². The molecule has 2 aromatic carbocycles. The molecule has 1 aliphatic heterocycles. The highest BCUT2D eigenvalue weighted by molar-refractivity contribution is 5.90. The Morgan fingerprint density at radius 2 is 1.73 bits per heavy atom. The summed E-state index contributed by atoms with van der Waals surface area (Å²) in [6, 6.07) is 11.8. The molecular weight excluding hydrogens is 385 g/mol. The molecule has 2 N–H and O–H groups in total. The third-order valence-electron chi connectivity index (χ3n) is 6.62. The largest absolute Gasteiger partial charge is 0.508 e. The minimum absolute atomic E-state index is 0.134. The lowest BCUT2D eigenvalue weighted by atomic mass is 9.69. The van der Waals surface area contributed by atoms with Crippen LogP contribution in [0.1, 0.15) is 48.8 Å². The van der Waals surface area contributed by atoms with Gasteiger partial charge in [0.15, 0.2) is 0 Å². The number of phenols is 1. The Kier molecular flexibility index (Phi) is 4.74. The SMILES string of the molecule is O=C(O)C1CC(c2c(C3CCOCC3)n(-c3ccc(F)cc3)c3ccc(O)cc23)C1. The second kappa shape index (κ2) is 7.43. The average Bonchev–Trinajstić information content (AvgIpc) is 3.02. The second-order valence-electron chi connectivity index (χ2n) is 8.40. The van der Waals surface area contributed by atoms with Crippen molar-refractivity contribution in [1.82, 2.24) is 4.57 Å². The van der Waals surface area contributed by atoms with Crippen molar-refractivity contribution in [2.24, 2.45) is 5.92 Å². The van der Waals surface area contributed by atoms with E-state index < -0.39 is 5.97 Å². The van der Waals surface area contributed by atoms with Crippen LogP contribution < -0.4 is 0 Å². The molecule has 2 aliphatic rings. The van der Waals surface area contributed by atoms with Gasteiger partial charge in [-0.05, 0) is 79.6 Å². The highest BCUT2D eigenvalue weighted by atomic mass is 19.1. The fraction of sp³-hybridized carbons (Fsp3) is 0.375. The van der Waals surface area contributed by atoms with E-state index in [1.807, 2.05) is 6.07 Å². The molecule has 0 radical (unpaired) electrons. The van der Waals surface area contributed by atoms with Gasteiger partial charge >= 0.3 is 5.97 Å². The van der Waals surface area contributed by atoms with Crippen molar-refractivity contribution in [1.29, 1.82) is 0 Å². The van der Waals surface area contributed by atoms with Crippen LogP contribution in [0.5, 0.6) is 5.75 Å². The van der Waals surface area contributed by atoms with Crippen molar-refractivity contribution in [2.75, 3.05) is 13.2 Å². The molecule has 1 saturated heterocycles. The number of hydrogen-bond donors (Lipinski definition) is 2. The molecule has 0 amide bonds. The molecular formula is C24H24FNO4. The third kappa shape index (κ3) is 3.16. The molecule has 2 fully saturated rings. The Morgan fingerprint density at radius 3 is 2.40 bits per heavy atom. The van der Waals surface area contributed by atoms with Gasteiger partial charge in [0.05, 0.1) is 11.4 Å². The van der Waals surface area contributed by atoms with Gasteiger partial charge in [-0.2, -0.15) is 0 Å². The minimum Gasteiger partial charge on any atom is -0.508 e. The van der Waals surface area contributed by atoms with Crippen LogP contribution in [-0.2, 0) is 9.53 Å². The van der Waals surface area contributed by atoms with Crippen LogP contribution in [0.25, 0.3) is 16.6 Å². The van der Waals surface area contributed by atoms with Gasteiger partial charge in [0.2, 0.25) is 0 Å². The zero-order valence-electron chi connectivity index (χ0n) is 16.6. The first-order chi connectivity index (χ1) is 14.5. The summed E-state index contributed by atoms with van der Waals surface area (Å²) in [5.74, 6) is -0.771. The predicted molar refractivity (Wildman–Crippen MR) is 111 cm³/mol. The van der Waals surface area contributed by atoms with Crippen molar-refractivity contribution >= 4 is 16.9 Å². The first-order valence-electron chi connectivity index (χ1n) is 10.5. The maximum absolute atomic E-state index is 13.6. The van der Waals surface area contributed by atoms with E-state index in [-0.39, 0.29) is 29.3 Å². The highest BCUT2D eigenvalue weighted by Crippen LogP contribution is 2.50. The monoisotopic (exact) mass is 409 g/mol. The van der Waals surface area contributed by atoms with Gasteiger partial charge < -0.3 is 19.5 Å². The molecule has 0 bridgehead atoms. The van der Waals surface area contributed by atoms with Gasteiger partial charge in [-0.25, -0.2) is 4.39 Å². The number of carboxylic acids is 1. The van der Waals surface area contributed by atoms with E-state index >= 15 is 0 Å². The standard InChI is InChI=1S/C24H24FNO4/c25-17-1-3-18(4-2-17)26-21-6-5-19(27)13-20(21)22(15-11-16(12-15)24(28)29)23(26)14-7-9-30-10-8-14/h1-6,13-16,27H,7-12H2,(H,28,29). The first kappa shape index (κ1) is 19.1. The average molecular weight is 409 g/mol. The van der Waals surface area contributed by atoms with E-state index in [1.165, 1.54) is 12.1 Å². The van der Waals surface area contributed by atoms with E-state index in [1.54, 1.807) is 24.3 Å². The molecule has 3 aromatic rings. The number of aliphatic carboxylic acids is 1. The Hall–Kier alpha value is -2.86. The molecule has 0 unspecified atom stereocenters. The lowest BCUT2D eigenvalue weighted by Gasteiger charge is -2.35. The number of nitrogens with zero attached hydrogens (tertiary/aromatic N) is 1. The molecule has 1 aliphatic carbocycles. The number of ether oxygens (including phenoxy) is 1. The number of fused-ring (bicyclic) bond motifs is 1. The van der Waals surface area contributed by atoms with E-state index in [2.05, 4.69) is 4.57 Å². The van der Waals surface area contributed by atoms with Crippen molar-refractivity contribution in [3.63, 3.8) is 0 Å². The molecule has 5 rings (SSSR count). The molecule has 2 heterocycles. The summed E-state index contributed by atoms with van der Waals surface area (Å²) in [6.45, 7) is 1.37. The van der Waals surface area contributed by atoms with Gasteiger partial charge in [0.1, 0.15) is 11.6 Å². The van der Waals surface area contributed by atoms with Crippen molar-refractivity contribution in [3.8, 4) is 11.4 Å². The summed E-state index contributed by atoms with van der Waals surface area (Å²) < 4.78 is 21.4. The van der Waals surface area contributed by atoms with Crippen LogP contribution >= 0.6 is 0 Å². The second-order valence-corrected chi connectivity index (χ2v) is 8.40. The number of rotatable bonds is 4. The molecule has 1 aromatic heterocycles. The van der Waals surface area contributed by atoms with Crippen LogP contribution in [0.4, 0.5) is 4.39 Å². The number of aromatic nitrogens is 1. The van der Waals surface area contributed by atoms with E-state index in [0.29, 0.717) is 26.1 Å². The van der Waals surface area contributed by atoms with Gasteiger partial charge in [0.25, 0.3) is 0 Å². The zero-order valence-corrected chi connectivity index (χ0v) is 16.6. The summed E-state index contributed by atoms with van der Waals surface area (Å²) in [6.07, 6.45) is 2.96. The summed E-state index contributed by atoms with van der Waals surface area (Å²) in [5.41, 5.74) is 4.11. The zero-order chi connectivity index (χ0) is 20.8. The van der Waals surface area contributed by atoms with Crippen molar-refractivity contribution in [2.45, 2.75) is 37.5 Å². The fourth-order valence-electron chi connectivity index (χ4n) is 5.05. The quantitative estimate of drug-likeness (QED) is 0.640. The number of aromatic hydroxyl groups is 1. The fourth-order valence-corrected chi connectivity index (χ4v) is 5.05. The molecule has 6 heteroatoms. The minimum atomic E-state index is -0.746. The predicted octanol–water partition coefficient (Wildman–Crippen LogP) is 4.95. The topological polar surface area (TPSA) is 71.7 Å². The molecule has 30 heavy (non-hydrogen) atoms. The summed E-state index contributed by atoms with van der Waals surface area (Å²) in [7, 11) is 0. The number of halogens is 1. The lowest BCUT2D eigenvalue weighted by molar-refractivity contribution is -0.145. The number of phenolic OH excluding ortho intramolecular Hbond substituents is 1. The van der Waals surface area contributed by atoms with E-state index in [4.69, 9.17) is 4.74 Å². The third-order valence-corrected chi connectivity index (χ3v) is 6.62. The number of benzene rings is 2. The van der Waals surface area contributed by atoms with Crippen LogP contribution in [0.15, 0.2) is 42.5 Å². The molecule has 0 atom stereocenters. The Bertz CT molecular complexity index is 1090. The van der Waals surface area contributed by atoms with Crippen LogP contribution in [0.3, 0.4) is 0 Å². The molecule has 0 spiro atoms. The summed E-state index contributed by atoms with van der Waals surface area (Å²) >= 11 is 0. The van der Waals surface area contributed by atoms with Crippen molar-refractivity contribution < 1.29 is 24.1 Å². The number of hydrogen-bond acceptors (Lipinski definition) is 3. The van der Waals surface area contributed by atoms with Gasteiger partial charge in [-0.1, -0.05) is 0 Å². The lowest BCUT2D eigenvalue weighted by Crippen LogP contribution is -2.30. The van der Waals surface area contributed by atoms with Gasteiger partial charge in [-0.3, -0.25) is 4.79 Å². The van der Waals surface area contributed by atoms with Gasteiger partial charge in [0, 0.05) is 35.9 Å². The van der Waals surface area contributed by atoms with Crippen molar-refractivity contribution in [3.05, 3.63) is 59.5 Å². The molecule has 156 valence electrons. The highest BCUT2D eigenvalue weighted by Gasteiger charge is 2.40. The number of carbonyl (C=O) groups is 1. The normalized spacial score (nSPS) is 22.2. The Morgan fingerprint density at radius 1 is 1.03 bits per heavy atom. The van der Waals surface area contributed by atoms with Crippen LogP contribution in [0.2, 0.25) is 0 Å². The van der Waals surface area contributed by atoms with E-state index in [9.17, 15) is 19.4 Å². The maximum atomic E-state index is 13.6. The Balaban J connectivity index is 1.74. The first-order valence-corrected chi connectivity index (χ1v) is 10.5. The van der Waals surface area contributed by atoms with E-state index in [0.717, 1.165) is 40.7 Å². The van der Waals surface area contributed by atoms with Crippen LogP contribution in [0, 0.1) is 11.7 Å². The Labute approximate surface area is 173 Å². The molecule has 5 nitrogen and oxygen atoms in total.